The molecule has 1 aliphatic heterocycles. The molecule has 118 valence electrons. The fourth-order valence-electron chi connectivity index (χ4n) is 2.28. The van der Waals surface area contributed by atoms with Crippen LogP contribution in [-0.4, -0.2) is 25.4 Å². The highest BCUT2D eigenvalue weighted by Gasteiger charge is 2.38. The molecule has 1 saturated heterocycles. The first-order valence-corrected chi connectivity index (χ1v) is 8.47. The van der Waals surface area contributed by atoms with E-state index in [-0.39, 0.29) is 11.5 Å². The van der Waals surface area contributed by atoms with Gasteiger partial charge in [0, 0.05) is 0 Å². The average molecular weight is 329 g/mol. The Bertz CT molecular complexity index is 855. The van der Waals surface area contributed by atoms with Gasteiger partial charge in [-0.05, 0) is 30.7 Å². The van der Waals surface area contributed by atoms with E-state index in [1.165, 1.54) is 12.1 Å². The summed E-state index contributed by atoms with van der Waals surface area (Å²) in [4.78, 5) is 12.0. The van der Waals surface area contributed by atoms with Crippen LogP contribution < -0.4 is 0 Å². The zero-order valence-electron chi connectivity index (χ0n) is 12.5. The number of hydrogen-bond donors (Lipinski definition) is 0. The smallest absolute Gasteiger partial charge is 0.428 e. The third-order valence-electron chi connectivity index (χ3n) is 3.46. The quantitative estimate of drug-likeness (QED) is 0.867. The molecular formula is C17H15NO4S. The lowest BCUT2D eigenvalue weighted by molar-refractivity contribution is 0.170. The van der Waals surface area contributed by atoms with E-state index >= 15 is 0 Å². The van der Waals surface area contributed by atoms with E-state index in [4.69, 9.17) is 4.74 Å². The summed E-state index contributed by atoms with van der Waals surface area (Å²) in [7, 11) is -3.98. The third-order valence-corrected chi connectivity index (χ3v) is 5.19. The lowest BCUT2D eigenvalue weighted by Crippen LogP contribution is -2.30. The SMILES string of the molecule is Cc1ccc(S(=O)(=O)N2C(=O)OC/C2=C\c2ccccc2)cc1. The number of ether oxygens (including phenoxy) is 1. The van der Waals surface area contributed by atoms with E-state index in [1.54, 1.807) is 18.2 Å². The highest BCUT2D eigenvalue weighted by atomic mass is 32.2. The third kappa shape index (κ3) is 2.98. The van der Waals surface area contributed by atoms with Crippen LogP contribution in [0.1, 0.15) is 11.1 Å². The van der Waals surface area contributed by atoms with Gasteiger partial charge < -0.3 is 4.74 Å². The van der Waals surface area contributed by atoms with Crippen LogP contribution in [0.15, 0.2) is 65.2 Å². The molecule has 2 aromatic rings. The minimum atomic E-state index is -3.98. The number of aryl methyl sites for hydroxylation is 1. The predicted molar refractivity (Wildman–Crippen MR) is 86.0 cm³/mol. The van der Waals surface area contributed by atoms with Crippen LogP contribution in [0.5, 0.6) is 0 Å². The Morgan fingerprint density at radius 2 is 1.70 bits per heavy atom. The Labute approximate surface area is 134 Å². The number of benzene rings is 2. The summed E-state index contributed by atoms with van der Waals surface area (Å²) >= 11 is 0. The van der Waals surface area contributed by atoms with E-state index in [0.717, 1.165) is 15.4 Å². The van der Waals surface area contributed by atoms with Gasteiger partial charge in [-0.25, -0.2) is 13.2 Å². The second-order valence-electron chi connectivity index (χ2n) is 5.18. The Balaban J connectivity index is 2.03. The van der Waals surface area contributed by atoms with Crippen LogP contribution >= 0.6 is 0 Å². The number of sulfonamides is 1. The first kappa shape index (κ1) is 15.3. The molecular weight excluding hydrogens is 314 g/mol. The first-order valence-electron chi connectivity index (χ1n) is 7.03. The van der Waals surface area contributed by atoms with E-state index in [2.05, 4.69) is 0 Å². The largest absolute Gasteiger partial charge is 0.442 e. The Kier molecular flexibility index (Phi) is 3.92. The van der Waals surface area contributed by atoms with Gasteiger partial charge in [0.05, 0.1) is 10.6 Å². The summed E-state index contributed by atoms with van der Waals surface area (Å²) in [5.74, 6) is 0. The fraction of sp³-hybridized carbons (Fsp3) is 0.118. The number of amides is 1. The molecule has 0 saturated carbocycles. The van der Waals surface area contributed by atoms with Crippen molar-refractivity contribution in [3.63, 3.8) is 0 Å². The molecule has 23 heavy (non-hydrogen) atoms. The lowest BCUT2D eigenvalue weighted by atomic mass is 10.2. The summed E-state index contributed by atoms with van der Waals surface area (Å²) in [6.07, 6.45) is 0.754. The molecule has 0 spiro atoms. The molecule has 0 N–H and O–H groups in total. The molecule has 0 radical (unpaired) electrons. The summed E-state index contributed by atoms with van der Waals surface area (Å²) in [5.41, 5.74) is 2.03. The van der Waals surface area contributed by atoms with Gasteiger partial charge in [-0.15, -0.1) is 0 Å². The normalized spacial score (nSPS) is 16.7. The van der Waals surface area contributed by atoms with Gasteiger partial charge in [0.1, 0.15) is 6.61 Å². The van der Waals surface area contributed by atoms with Crippen LogP contribution in [0.2, 0.25) is 0 Å². The molecule has 1 heterocycles. The van der Waals surface area contributed by atoms with E-state index in [0.29, 0.717) is 5.70 Å². The maximum atomic E-state index is 12.7. The van der Waals surface area contributed by atoms with Gasteiger partial charge >= 0.3 is 6.09 Å². The molecule has 6 heteroatoms. The van der Waals surface area contributed by atoms with Gasteiger partial charge in [-0.2, -0.15) is 4.31 Å². The summed E-state index contributed by atoms with van der Waals surface area (Å²) < 4.78 is 31.1. The topological polar surface area (TPSA) is 63.7 Å². The molecule has 2 aromatic carbocycles. The van der Waals surface area contributed by atoms with Crippen molar-refractivity contribution in [2.24, 2.45) is 0 Å². The minimum Gasteiger partial charge on any atom is -0.442 e. The van der Waals surface area contributed by atoms with Gasteiger partial charge in [-0.1, -0.05) is 48.0 Å². The maximum absolute atomic E-state index is 12.7. The Morgan fingerprint density at radius 3 is 2.35 bits per heavy atom. The Hall–Kier alpha value is -2.60. The maximum Gasteiger partial charge on any atom is 0.428 e. The van der Waals surface area contributed by atoms with Gasteiger partial charge in [0.15, 0.2) is 0 Å². The van der Waals surface area contributed by atoms with Crippen molar-refractivity contribution in [3.8, 4) is 0 Å². The van der Waals surface area contributed by atoms with Crippen molar-refractivity contribution in [1.29, 1.82) is 0 Å². The standard InChI is InChI=1S/C17H15NO4S/c1-13-7-9-16(10-8-13)23(20,21)18-15(12-22-17(18)19)11-14-5-3-2-4-6-14/h2-11H,12H2,1H3/b15-11+. The first-order chi connectivity index (χ1) is 11.0. The number of carbonyl (C=O) groups is 1. The van der Waals surface area contributed by atoms with Gasteiger partial charge in [0.2, 0.25) is 0 Å². The predicted octanol–water partition coefficient (Wildman–Crippen LogP) is 3.18. The zero-order chi connectivity index (χ0) is 16.4. The van der Waals surface area contributed by atoms with Crippen molar-refractivity contribution < 1.29 is 17.9 Å². The molecule has 5 nitrogen and oxygen atoms in total. The summed E-state index contributed by atoms with van der Waals surface area (Å²) in [6, 6.07) is 15.5. The van der Waals surface area contributed by atoms with Crippen LogP contribution in [0.4, 0.5) is 4.79 Å². The number of rotatable bonds is 3. The van der Waals surface area contributed by atoms with Crippen LogP contribution in [0, 0.1) is 6.92 Å². The highest BCUT2D eigenvalue weighted by Crippen LogP contribution is 2.27. The summed E-state index contributed by atoms with van der Waals surface area (Å²) in [6.45, 7) is 1.79. The second kappa shape index (κ2) is 5.89. The highest BCUT2D eigenvalue weighted by molar-refractivity contribution is 7.89. The fourth-order valence-corrected chi connectivity index (χ4v) is 3.63. The van der Waals surface area contributed by atoms with Crippen LogP contribution in [0.3, 0.4) is 0 Å². The van der Waals surface area contributed by atoms with E-state index in [1.807, 2.05) is 37.3 Å². The monoisotopic (exact) mass is 329 g/mol. The van der Waals surface area contributed by atoms with Crippen LogP contribution in [-0.2, 0) is 14.8 Å². The summed E-state index contributed by atoms with van der Waals surface area (Å²) in [5, 5.41) is 0. The average Bonchev–Trinajstić information content (AvgIpc) is 2.90. The molecule has 0 aliphatic carbocycles. The Morgan fingerprint density at radius 1 is 1.04 bits per heavy atom. The van der Waals surface area contributed by atoms with Crippen molar-refractivity contribution in [1.82, 2.24) is 4.31 Å². The molecule has 1 amide bonds. The second-order valence-corrected chi connectivity index (χ2v) is 6.97. The zero-order valence-corrected chi connectivity index (χ0v) is 13.3. The van der Waals surface area contributed by atoms with Crippen molar-refractivity contribution >= 4 is 22.2 Å². The molecule has 0 bridgehead atoms. The lowest BCUT2D eigenvalue weighted by Gasteiger charge is -2.15. The van der Waals surface area contributed by atoms with E-state index < -0.39 is 16.1 Å². The van der Waals surface area contributed by atoms with Crippen molar-refractivity contribution in [2.75, 3.05) is 6.61 Å². The number of cyclic esters (lactones) is 1. The minimum absolute atomic E-state index is 0.0564. The van der Waals surface area contributed by atoms with E-state index in [9.17, 15) is 13.2 Å². The molecule has 3 rings (SSSR count). The van der Waals surface area contributed by atoms with Gasteiger partial charge in [0.25, 0.3) is 10.0 Å². The van der Waals surface area contributed by atoms with Gasteiger partial charge in [-0.3, -0.25) is 0 Å². The number of hydrogen-bond acceptors (Lipinski definition) is 4. The molecule has 1 fully saturated rings. The number of carbonyl (C=O) groups excluding carboxylic acids is 1. The van der Waals surface area contributed by atoms with Crippen molar-refractivity contribution in [2.45, 2.75) is 11.8 Å². The molecule has 0 atom stereocenters. The molecule has 1 aliphatic rings. The molecule has 0 aromatic heterocycles. The van der Waals surface area contributed by atoms with Crippen molar-refractivity contribution in [3.05, 3.63) is 71.4 Å². The van der Waals surface area contributed by atoms with Crippen LogP contribution in [0.25, 0.3) is 6.08 Å². The molecule has 0 unspecified atom stereocenters. The number of nitrogens with zero attached hydrogens (tertiary/aromatic N) is 1.